The topological polar surface area (TPSA) is 122 Å². The number of hydrogen-bond donors (Lipinski definition) is 5. The summed E-state index contributed by atoms with van der Waals surface area (Å²) in [5.74, 6) is 0. The van der Waals surface area contributed by atoms with Crippen LogP contribution in [0.5, 0.6) is 0 Å². The third kappa shape index (κ3) is 3.18. The summed E-state index contributed by atoms with van der Waals surface area (Å²) in [5, 5.41) is 27.1. The number of halogens is 2. The molecule has 1 rings (SSSR count). The van der Waals surface area contributed by atoms with Gasteiger partial charge < -0.3 is 31.5 Å². The summed E-state index contributed by atoms with van der Waals surface area (Å²) in [6.07, 6.45) is -3.11. The van der Waals surface area contributed by atoms with E-state index in [4.69, 9.17) is 26.4 Å². The van der Waals surface area contributed by atoms with Gasteiger partial charge in [0.1, 0.15) is 6.10 Å². The Hall–Kier alpha value is 0.340. The second-order valence-electron chi connectivity index (χ2n) is 2.89. The van der Waals surface area contributed by atoms with E-state index in [0.29, 0.717) is 0 Å². The molecular formula is C6H16Cl2N2O4. The molecule has 0 saturated carbocycles. The van der Waals surface area contributed by atoms with Crippen LogP contribution in [0.2, 0.25) is 0 Å². The maximum Gasteiger partial charge on any atom is 0.171 e. The molecule has 0 radical (unpaired) electrons. The molecule has 0 aromatic heterocycles. The van der Waals surface area contributed by atoms with Crippen molar-refractivity contribution in [3.05, 3.63) is 0 Å². The minimum absolute atomic E-state index is 0. The third-order valence-electron chi connectivity index (χ3n) is 2.04. The molecule has 0 aromatic rings. The molecule has 5 atom stereocenters. The summed E-state index contributed by atoms with van der Waals surface area (Å²) in [4.78, 5) is 0. The third-order valence-corrected chi connectivity index (χ3v) is 2.04. The van der Waals surface area contributed by atoms with E-state index in [9.17, 15) is 5.11 Å². The van der Waals surface area contributed by atoms with Gasteiger partial charge in [0.05, 0.1) is 24.8 Å². The molecule has 14 heavy (non-hydrogen) atoms. The molecule has 0 amide bonds. The maximum absolute atomic E-state index is 9.32. The highest BCUT2D eigenvalue weighted by Gasteiger charge is 2.40. The van der Waals surface area contributed by atoms with Gasteiger partial charge >= 0.3 is 0 Å². The van der Waals surface area contributed by atoms with Gasteiger partial charge in [0.25, 0.3) is 0 Å². The fourth-order valence-electron chi connectivity index (χ4n) is 1.17. The molecule has 7 N–H and O–H groups in total. The van der Waals surface area contributed by atoms with E-state index in [0.717, 1.165) is 0 Å². The number of nitrogens with two attached hydrogens (primary N) is 2. The van der Waals surface area contributed by atoms with Crippen LogP contribution in [-0.4, -0.2) is 52.5 Å². The van der Waals surface area contributed by atoms with Gasteiger partial charge in [-0.3, -0.25) is 0 Å². The monoisotopic (exact) mass is 250 g/mol. The highest BCUT2D eigenvalue weighted by atomic mass is 35.5. The quantitative estimate of drug-likeness (QED) is 0.353. The molecule has 6 nitrogen and oxygen atoms in total. The Bertz CT molecular complexity index is 160. The van der Waals surface area contributed by atoms with Crippen LogP contribution in [0, 0.1) is 0 Å². The Morgan fingerprint density at radius 1 is 1.07 bits per heavy atom. The van der Waals surface area contributed by atoms with Crippen molar-refractivity contribution in [2.75, 3.05) is 6.61 Å². The van der Waals surface area contributed by atoms with E-state index in [1.807, 2.05) is 0 Å². The van der Waals surface area contributed by atoms with E-state index >= 15 is 0 Å². The average molecular weight is 251 g/mol. The fraction of sp³-hybridized carbons (Fsp3) is 1.00. The van der Waals surface area contributed by atoms with Crippen molar-refractivity contribution < 1.29 is 20.1 Å². The van der Waals surface area contributed by atoms with Crippen molar-refractivity contribution in [3.63, 3.8) is 0 Å². The number of hydrogen-bond acceptors (Lipinski definition) is 6. The van der Waals surface area contributed by atoms with Gasteiger partial charge in [0.15, 0.2) is 6.29 Å². The summed E-state index contributed by atoms with van der Waals surface area (Å²) in [5.41, 5.74) is 10.8. The lowest BCUT2D eigenvalue weighted by Crippen LogP contribution is -2.65. The van der Waals surface area contributed by atoms with Gasteiger partial charge in [-0.2, -0.15) is 0 Å². The van der Waals surface area contributed by atoms with Gasteiger partial charge in [-0.15, -0.1) is 24.8 Å². The van der Waals surface area contributed by atoms with Gasteiger partial charge in [-0.1, -0.05) is 0 Å². The first-order valence-corrected chi connectivity index (χ1v) is 3.71. The lowest BCUT2D eigenvalue weighted by atomic mass is 9.96. The van der Waals surface area contributed by atoms with E-state index < -0.39 is 37.2 Å². The van der Waals surface area contributed by atoms with E-state index in [2.05, 4.69) is 0 Å². The lowest BCUT2D eigenvalue weighted by molar-refractivity contribution is -0.221. The van der Waals surface area contributed by atoms with Crippen LogP contribution in [0.1, 0.15) is 0 Å². The average Bonchev–Trinajstić information content (AvgIpc) is 2.08. The molecule has 1 aliphatic heterocycles. The Morgan fingerprint density at radius 3 is 2.00 bits per heavy atom. The summed E-state index contributed by atoms with van der Waals surface area (Å²) in [6.45, 7) is -0.390. The second-order valence-corrected chi connectivity index (χ2v) is 2.89. The summed E-state index contributed by atoms with van der Waals surface area (Å²) < 4.78 is 4.78. The smallest absolute Gasteiger partial charge is 0.171 e. The van der Waals surface area contributed by atoms with Crippen LogP contribution in [0.25, 0.3) is 0 Å². The van der Waals surface area contributed by atoms with Crippen LogP contribution in [0.15, 0.2) is 0 Å². The predicted octanol–water partition coefficient (Wildman–Crippen LogP) is -2.45. The molecule has 1 fully saturated rings. The zero-order chi connectivity index (χ0) is 9.30. The zero-order valence-corrected chi connectivity index (χ0v) is 8.95. The van der Waals surface area contributed by atoms with Crippen LogP contribution in [0.4, 0.5) is 0 Å². The second kappa shape index (κ2) is 6.76. The molecule has 1 aliphatic rings. The van der Waals surface area contributed by atoms with Crippen molar-refractivity contribution >= 4 is 24.8 Å². The number of aliphatic hydroxyl groups is 3. The fourth-order valence-corrected chi connectivity index (χ4v) is 1.17. The zero-order valence-electron chi connectivity index (χ0n) is 7.31. The summed E-state index contributed by atoms with van der Waals surface area (Å²) in [7, 11) is 0. The molecule has 0 bridgehead atoms. The molecule has 1 heterocycles. The van der Waals surface area contributed by atoms with Crippen LogP contribution >= 0.6 is 24.8 Å². The molecule has 0 aromatic carbocycles. The molecule has 88 valence electrons. The van der Waals surface area contributed by atoms with Crippen molar-refractivity contribution in [2.45, 2.75) is 30.6 Å². The van der Waals surface area contributed by atoms with Gasteiger partial charge in [0.2, 0.25) is 0 Å². The minimum atomic E-state index is -1.22. The highest BCUT2D eigenvalue weighted by Crippen LogP contribution is 2.16. The van der Waals surface area contributed by atoms with Crippen LogP contribution < -0.4 is 11.5 Å². The maximum atomic E-state index is 9.32. The van der Waals surface area contributed by atoms with Gasteiger partial charge in [-0.05, 0) is 0 Å². The molecule has 0 spiro atoms. The Labute approximate surface area is 94.0 Å². The largest absolute Gasteiger partial charge is 0.394 e. The van der Waals surface area contributed by atoms with Crippen molar-refractivity contribution in [1.29, 1.82) is 0 Å². The van der Waals surface area contributed by atoms with Crippen molar-refractivity contribution in [2.24, 2.45) is 11.5 Å². The number of aliphatic hydroxyl groups excluding tert-OH is 3. The minimum Gasteiger partial charge on any atom is -0.394 e. The standard InChI is InChI=1S/C6H14N2O4.2ClH/c7-3-4(8)6(11)12-2(1-9)5(3)10;;/h2-6,9-11H,1,7-8H2;2*1H. The number of ether oxygens (including phenoxy) is 1. The van der Waals surface area contributed by atoms with Crippen molar-refractivity contribution in [1.82, 2.24) is 0 Å². The summed E-state index contributed by atoms with van der Waals surface area (Å²) in [6, 6.07) is -1.59. The van der Waals surface area contributed by atoms with Crippen molar-refractivity contribution in [3.8, 4) is 0 Å². The SMILES string of the molecule is Cl.Cl.NC1C(O)OC(CO)C(O)C1N. The number of rotatable bonds is 1. The van der Waals surface area contributed by atoms with E-state index in [1.165, 1.54) is 0 Å². The van der Waals surface area contributed by atoms with E-state index in [-0.39, 0.29) is 24.8 Å². The Balaban J connectivity index is 0. The summed E-state index contributed by atoms with van der Waals surface area (Å²) >= 11 is 0. The Morgan fingerprint density at radius 2 is 1.57 bits per heavy atom. The lowest BCUT2D eigenvalue weighted by Gasteiger charge is -2.38. The normalized spacial score (nSPS) is 42.2. The molecule has 1 saturated heterocycles. The van der Waals surface area contributed by atoms with Gasteiger partial charge in [-0.25, -0.2) is 0 Å². The molecule has 8 heteroatoms. The Kier molecular flexibility index (Phi) is 8.09. The van der Waals surface area contributed by atoms with Crippen LogP contribution in [0.3, 0.4) is 0 Å². The molecular weight excluding hydrogens is 235 g/mol. The first-order chi connectivity index (χ1) is 5.57. The molecule has 0 aliphatic carbocycles. The first kappa shape index (κ1) is 16.8. The van der Waals surface area contributed by atoms with Crippen LogP contribution in [-0.2, 0) is 4.74 Å². The van der Waals surface area contributed by atoms with E-state index in [1.54, 1.807) is 0 Å². The molecule has 5 unspecified atom stereocenters. The predicted molar refractivity (Wildman–Crippen MR) is 54.4 cm³/mol. The highest BCUT2D eigenvalue weighted by molar-refractivity contribution is 5.85. The van der Waals surface area contributed by atoms with Gasteiger partial charge in [0, 0.05) is 0 Å². The first-order valence-electron chi connectivity index (χ1n) is 3.71.